The second kappa shape index (κ2) is 6.42. The Kier molecular flexibility index (Phi) is 4.39. The molecule has 0 radical (unpaired) electrons. The number of piperidine rings is 1. The molecule has 2 fully saturated rings. The number of rotatable bonds is 3. The van der Waals surface area contributed by atoms with Gasteiger partial charge in [-0.05, 0) is 37.8 Å². The van der Waals surface area contributed by atoms with Crippen molar-refractivity contribution in [3.05, 3.63) is 30.3 Å². The van der Waals surface area contributed by atoms with Gasteiger partial charge in [-0.15, -0.1) is 0 Å². The van der Waals surface area contributed by atoms with Crippen LogP contribution >= 0.6 is 0 Å². The van der Waals surface area contributed by atoms with E-state index in [0.29, 0.717) is 12.2 Å². The summed E-state index contributed by atoms with van der Waals surface area (Å²) in [5.41, 5.74) is 1.36. The highest BCUT2D eigenvalue weighted by atomic mass is 16.5. The normalized spacial score (nSPS) is 22.6. The molecule has 2 heteroatoms. The second-order valence-corrected chi connectivity index (χ2v) is 5.92. The summed E-state index contributed by atoms with van der Waals surface area (Å²) in [4.78, 5) is 2.49. The van der Waals surface area contributed by atoms with Crippen LogP contribution in [0.1, 0.15) is 44.9 Å². The van der Waals surface area contributed by atoms with Crippen LogP contribution in [0, 0.1) is 0 Å². The lowest BCUT2D eigenvalue weighted by atomic mass is 9.97. The molecule has 1 aromatic carbocycles. The van der Waals surface area contributed by atoms with Gasteiger partial charge in [0.25, 0.3) is 0 Å². The molecule has 1 saturated carbocycles. The molecule has 1 aliphatic heterocycles. The van der Waals surface area contributed by atoms with Crippen molar-refractivity contribution in [1.29, 1.82) is 0 Å². The molecule has 2 nitrogen and oxygen atoms in total. The molecule has 0 aromatic heterocycles. The summed E-state index contributed by atoms with van der Waals surface area (Å²) in [5.74, 6) is 0. The van der Waals surface area contributed by atoms with Crippen molar-refractivity contribution in [2.45, 2.75) is 57.2 Å². The molecule has 1 aromatic rings. The van der Waals surface area contributed by atoms with Crippen LogP contribution in [0.3, 0.4) is 0 Å². The summed E-state index contributed by atoms with van der Waals surface area (Å²) in [6, 6.07) is 10.8. The van der Waals surface area contributed by atoms with E-state index in [2.05, 4.69) is 35.2 Å². The summed E-state index contributed by atoms with van der Waals surface area (Å²) in [7, 11) is 0. The highest BCUT2D eigenvalue weighted by molar-refractivity contribution is 5.46. The lowest BCUT2D eigenvalue weighted by Crippen LogP contribution is -2.38. The van der Waals surface area contributed by atoms with Crippen LogP contribution in [-0.4, -0.2) is 25.3 Å². The van der Waals surface area contributed by atoms with Gasteiger partial charge in [0.1, 0.15) is 0 Å². The summed E-state index contributed by atoms with van der Waals surface area (Å²) in [5, 5.41) is 0. The smallest absolute Gasteiger partial charge is 0.0612 e. The van der Waals surface area contributed by atoms with Crippen LogP contribution in [0.5, 0.6) is 0 Å². The topological polar surface area (TPSA) is 12.5 Å². The third-order valence-electron chi connectivity index (χ3n) is 4.50. The van der Waals surface area contributed by atoms with E-state index in [1.165, 1.54) is 50.6 Å². The molecule has 0 bridgehead atoms. The van der Waals surface area contributed by atoms with Gasteiger partial charge in [0.2, 0.25) is 0 Å². The van der Waals surface area contributed by atoms with E-state index in [0.717, 1.165) is 13.1 Å². The monoisotopic (exact) mass is 259 g/mol. The van der Waals surface area contributed by atoms with E-state index < -0.39 is 0 Å². The first kappa shape index (κ1) is 13.0. The van der Waals surface area contributed by atoms with Crippen molar-refractivity contribution >= 4 is 5.69 Å². The van der Waals surface area contributed by atoms with Gasteiger partial charge in [0.15, 0.2) is 0 Å². The number of nitrogens with zero attached hydrogens (tertiary/aromatic N) is 1. The van der Waals surface area contributed by atoms with Crippen molar-refractivity contribution in [3.8, 4) is 0 Å². The quantitative estimate of drug-likeness (QED) is 0.813. The molecule has 1 saturated heterocycles. The molecule has 2 aliphatic rings. The predicted octanol–water partition coefficient (Wildman–Crippen LogP) is 4.00. The second-order valence-electron chi connectivity index (χ2n) is 5.92. The summed E-state index contributed by atoms with van der Waals surface area (Å²) in [6.45, 7) is 2.28. The molecule has 104 valence electrons. The van der Waals surface area contributed by atoms with Crippen molar-refractivity contribution in [2.75, 3.05) is 18.0 Å². The number of anilines is 1. The first-order chi connectivity index (χ1) is 9.42. The van der Waals surface area contributed by atoms with Gasteiger partial charge in [-0.3, -0.25) is 0 Å². The maximum absolute atomic E-state index is 6.29. The van der Waals surface area contributed by atoms with Gasteiger partial charge < -0.3 is 9.64 Å². The first-order valence-electron chi connectivity index (χ1n) is 7.87. The summed E-state index contributed by atoms with van der Waals surface area (Å²) in [6.07, 6.45) is 10.2. The number of ether oxygens (including phenoxy) is 1. The van der Waals surface area contributed by atoms with E-state index >= 15 is 0 Å². The average Bonchev–Trinajstić information content (AvgIpc) is 2.50. The highest BCUT2D eigenvalue weighted by Gasteiger charge is 2.23. The molecule has 1 heterocycles. The molecule has 0 unspecified atom stereocenters. The number of para-hydroxylation sites is 1. The molecule has 3 rings (SSSR count). The SMILES string of the molecule is c1ccc(N2CCC(OC3CCCCC3)CC2)cc1. The largest absolute Gasteiger partial charge is 0.375 e. The van der Waals surface area contributed by atoms with E-state index in [4.69, 9.17) is 4.74 Å². The zero-order valence-electron chi connectivity index (χ0n) is 11.8. The van der Waals surface area contributed by atoms with Crippen LogP contribution in [0.4, 0.5) is 5.69 Å². The van der Waals surface area contributed by atoms with Crippen molar-refractivity contribution in [3.63, 3.8) is 0 Å². The Hall–Kier alpha value is -1.02. The Morgan fingerprint density at radius 1 is 0.789 bits per heavy atom. The third kappa shape index (κ3) is 3.50. The molecular formula is C17H25NO. The minimum atomic E-state index is 0.503. The fourth-order valence-electron chi connectivity index (χ4n) is 3.36. The van der Waals surface area contributed by atoms with Crippen molar-refractivity contribution in [2.24, 2.45) is 0 Å². The Bertz CT molecular complexity index is 364. The van der Waals surface area contributed by atoms with Gasteiger partial charge in [-0.2, -0.15) is 0 Å². The van der Waals surface area contributed by atoms with Gasteiger partial charge in [-0.25, -0.2) is 0 Å². The molecule has 0 spiro atoms. The standard InChI is InChI=1S/C17H25NO/c1-3-7-15(8-4-1)18-13-11-17(12-14-18)19-16-9-5-2-6-10-16/h1,3-4,7-8,16-17H,2,5-6,9-14H2. The fraction of sp³-hybridized carbons (Fsp3) is 0.647. The van der Waals surface area contributed by atoms with Crippen molar-refractivity contribution in [1.82, 2.24) is 0 Å². The predicted molar refractivity (Wildman–Crippen MR) is 79.6 cm³/mol. The third-order valence-corrected chi connectivity index (χ3v) is 4.50. The van der Waals surface area contributed by atoms with Crippen LogP contribution < -0.4 is 4.90 Å². The summed E-state index contributed by atoms with van der Waals surface area (Å²) < 4.78 is 6.29. The van der Waals surface area contributed by atoms with Crippen molar-refractivity contribution < 1.29 is 4.74 Å². The van der Waals surface area contributed by atoms with E-state index in [1.54, 1.807) is 0 Å². The van der Waals surface area contributed by atoms with E-state index in [9.17, 15) is 0 Å². The molecule has 0 atom stereocenters. The zero-order chi connectivity index (χ0) is 12.9. The van der Waals surface area contributed by atoms with Gasteiger partial charge in [-0.1, -0.05) is 37.5 Å². The van der Waals surface area contributed by atoms with Gasteiger partial charge in [0, 0.05) is 18.8 Å². The summed E-state index contributed by atoms with van der Waals surface area (Å²) >= 11 is 0. The minimum absolute atomic E-state index is 0.503. The maximum Gasteiger partial charge on any atom is 0.0612 e. The Balaban J connectivity index is 1.46. The number of benzene rings is 1. The molecule has 0 amide bonds. The van der Waals surface area contributed by atoms with Gasteiger partial charge >= 0.3 is 0 Å². The molecule has 0 N–H and O–H groups in total. The van der Waals surface area contributed by atoms with E-state index in [-0.39, 0.29) is 0 Å². The first-order valence-corrected chi connectivity index (χ1v) is 7.87. The lowest BCUT2D eigenvalue weighted by molar-refractivity contribution is -0.0395. The lowest BCUT2D eigenvalue weighted by Gasteiger charge is -2.36. The van der Waals surface area contributed by atoms with Crippen LogP contribution in [0.2, 0.25) is 0 Å². The number of hydrogen-bond donors (Lipinski definition) is 0. The molecule has 19 heavy (non-hydrogen) atoms. The van der Waals surface area contributed by atoms with Crippen LogP contribution in [0.15, 0.2) is 30.3 Å². The van der Waals surface area contributed by atoms with Crippen LogP contribution in [-0.2, 0) is 4.74 Å². The Labute approximate surface area is 116 Å². The maximum atomic E-state index is 6.29. The Morgan fingerprint density at radius 2 is 1.42 bits per heavy atom. The Morgan fingerprint density at radius 3 is 2.11 bits per heavy atom. The van der Waals surface area contributed by atoms with Crippen LogP contribution in [0.25, 0.3) is 0 Å². The number of hydrogen-bond acceptors (Lipinski definition) is 2. The fourth-order valence-corrected chi connectivity index (χ4v) is 3.36. The minimum Gasteiger partial charge on any atom is -0.375 e. The zero-order valence-corrected chi connectivity index (χ0v) is 11.8. The molecule has 1 aliphatic carbocycles. The van der Waals surface area contributed by atoms with Gasteiger partial charge in [0.05, 0.1) is 12.2 Å². The molecular weight excluding hydrogens is 234 g/mol. The highest BCUT2D eigenvalue weighted by Crippen LogP contribution is 2.26. The average molecular weight is 259 g/mol. The van der Waals surface area contributed by atoms with E-state index in [1.807, 2.05) is 0 Å².